The van der Waals surface area contributed by atoms with Crippen LogP contribution in [0.1, 0.15) is 36.0 Å². The van der Waals surface area contributed by atoms with Gasteiger partial charge in [-0.15, -0.1) is 0 Å². The van der Waals surface area contributed by atoms with Gasteiger partial charge in [0.1, 0.15) is 5.75 Å². The maximum atomic E-state index is 13.5. The van der Waals surface area contributed by atoms with Crippen LogP contribution in [0, 0.1) is 0 Å². The van der Waals surface area contributed by atoms with Gasteiger partial charge in [0.15, 0.2) is 11.5 Å². The van der Waals surface area contributed by atoms with Crippen molar-refractivity contribution in [2.75, 3.05) is 47.0 Å². The van der Waals surface area contributed by atoms with Gasteiger partial charge in [-0.2, -0.15) is 0 Å². The summed E-state index contributed by atoms with van der Waals surface area (Å²) in [5.41, 5.74) is 3.08. The standard InChI is InChI=1S/C34H42N4O6/c1-41-18-4-16-38-23-33(39)36-29-22-37(21-26-11-14-35-15-12-26)17-13-30(29)43-24-27-5-3-6-28(19-27)44-31-9-7-25(8-10-34(38)40)20-32(31)42-2/h3,5-7,9,11-12,14-15,19-20,29-30H,4,8,10,13,16-18,21-24H2,1-2H3,(H,36,39)/t29-,30+/m0/s1. The lowest BCUT2D eigenvalue weighted by molar-refractivity contribution is -0.137. The van der Waals surface area contributed by atoms with E-state index in [1.165, 1.54) is 5.56 Å². The number of methoxy groups -OCH3 is 2. The molecule has 0 unspecified atom stereocenters. The smallest absolute Gasteiger partial charge is 0.239 e. The van der Waals surface area contributed by atoms with Crippen molar-refractivity contribution in [3.05, 3.63) is 83.7 Å². The van der Waals surface area contributed by atoms with Crippen molar-refractivity contribution in [3.8, 4) is 17.2 Å². The molecule has 10 nitrogen and oxygen atoms in total. The molecule has 3 aliphatic rings. The molecule has 3 aliphatic heterocycles. The molecule has 6 rings (SSSR count). The summed E-state index contributed by atoms with van der Waals surface area (Å²) in [5.74, 6) is 1.58. The minimum absolute atomic E-state index is 0.0196. The van der Waals surface area contributed by atoms with E-state index in [0.717, 1.165) is 30.6 Å². The monoisotopic (exact) mass is 602 g/mol. The van der Waals surface area contributed by atoms with Crippen LogP contribution in [-0.4, -0.2) is 85.7 Å². The van der Waals surface area contributed by atoms with E-state index in [2.05, 4.69) is 15.2 Å². The number of rotatable bonds is 7. The van der Waals surface area contributed by atoms with E-state index < -0.39 is 0 Å². The molecule has 44 heavy (non-hydrogen) atoms. The van der Waals surface area contributed by atoms with Gasteiger partial charge in [-0.05, 0) is 72.4 Å². The van der Waals surface area contributed by atoms with Gasteiger partial charge in [0, 0.05) is 58.7 Å². The average Bonchev–Trinajstić information content (AvgIpc) is 3.03. The van der Waals surface area contributed by atoms with E-state index >= 15 is 0 Å². The zero-order valence-corrected chi connectivity index (χ0v) is 25.6. The molecular formula is C34H42N4O6. The topological polar surface area (TPSA) is 102 Å². The van der Waals surface area contributed by atoms with Gasteiger partial charge in [-0.25, -0.2) is 0 Å². The molecule has 1 aromatic heterocycles. The van der Waals surface area contributed by atoms with Gasteiger partial charge in [0.2, 0.25) is 11.8 Å². The molecule has 4 bridgehead atoms. The average molecular weight is 603 g/mol. The number of carbonyl (C=O) groups is 2. The SMILES string of the molecule is COCCCN1CC(=O)N[C@H]2CN(Cc3ccncc3)CC[C@H]2OCc2cccc(c2)Oc2ccc(cc2OC)CCC1=O. The number of nitrogens with zero attached hydrogens (tertiary/aromatic N) is 3. The number of amides is 2. The molecule has 2 amide bonds. The predicted molar refractivity (Wildman–Crippen MR) is 166 cm³/mol. The molecule has 10 heteroatoms. The molecule has 0 saturated carbocycles. The Morgan fingerprint density at radius 2 is 1.89 bits per heavy atom. The molecule has 1 saturated heterocycles. The van der Waals surface area contributed by atoms with Gasteiger partial charge >= 0.3 is 0 Å². The zero-order chi connectivity index (χ0) is 30.7. The Morgan fingerprint density at radius 3 is 2.70 bits per heavy atom. The van der Waals surface area contributed by atoms with Crippen molar-refractivity contribution in [1.82, 2.24) is 20.1 Å². The Hall–Kier alpha value is -3.99. The van der Waals surface area contributed by atoms with Gasteiger partial charge in [-0.3, -0.25) is 19.5 Å². The number of pyridine rings is 1. The van der Waals surface area contributed by atoms with Gasteiger partial charge in [0.05, 0.1) is 32.4 Å². The number of ether oxygens (including phenoxy) is 4. The largest absolute Gasteiger partial charge is 0.493 e. The highest BCUT2D eigenvalue weighted by atomic mass is 16.5. The highest BCUT2D eigenvalue weighted by molar-refractivity contribution is 5.85. The number of aryl methyl sites for hydroxylation is 1. The molecule has 0 radical (unpaired) electrons. The Balaban J connectivity index is 1.39. The van der Waals surface area contributed by atoms with E-state index in [0.29, 0.717) is 56.4 Å². The molecular weight excluding hydrogens is 560 g/mol. The van der Waals surface area contributed by atoms with Crippen molar-refractivity contribution in [1.29, 1.82) is 0 Å². The van der Waals surface area contributed by atoms with Gasteiger partial charge in [0.25, 0.3) is 0 Å². The van der Waals surface area contributed by atoms with E-state index in [-0.39, 0.29) is 36.9 Å². The zero-order valence-electron chi connectivity index (χ0n) is 25.6. The second-order valence-corrected chi connectivity index (χ2v) is 11.3. The molecule has 2 aromatic carbocycles. The summed E-state index contributed by atoms with van der Waals surface area (Å²) in [7, 11) is 3.24. The number of carbonyl (C=O) groups excluding carboxylic acids is 2. The number of hydrogen-bond donors (Lipinski definition) is 1. The highest BCUT2D eigenvalue weighted by Crippen LogP contribution is 2.33. The van der Waals surface area contributed by atoms with Crippen molar-refractivity contribution >= 4 is 11.8 Å². The quantitative estimate of drug-likeness (QED) is 0.406. The van der Waals surface area contributed by atoms with Crippen molar-refractivity contribution in [2.45, 2.75) is 51.0 Å². The molecule has 2 atom stereocenters. The first-order valence-electron chi connectivity index (χ1n) is 15.2. The molecule has 1 fully saturated rings. The first-order valence-corrected chi connectivity index (χ1v) is 15.2. The minimum Gasteiger partial charge on any atom is -0.493 e. The lowest BCUT2D eigenvalue weighted by Gasteiger charge is -2.39. The van der Waals surface area contributed by atoms with Crippen molar-refractivity contribution in [2.24, 2.45) is 0 Å². The predicted octanol–water partition coefficient (Wildman–Crippen LogP) is 3.97. The number of hydrogen-bond acceptors (Lipinski definition) is 8. The summed E-state index contributed by atoms with van der Waals surface area (Å²) >= 11 is 0. The lowest BCUT2D eigenvalue weighted by atomic mass is 10.0. The van der Waals surface area contributed by atoms with E-state index in [1.807, 2.05) is 54.6 Å². The van der Waals surface area contributed by atoms with Crippen LogP contribution >= 0.6 is 0 Å². The number of fused-ring (bicyclic) bond motifs is 9. The highest BCUT2D eigenvalue weighted by Gasteiger charge is 2.32. The van der Waals surface area contributed by atoms with E-state index in [1.54, 1.807) is 31.5 Å². The summed E-state index contributed by atoms with van der Waals surface area (Å²) < 4.78 is 23.5. The van der Waals surface area contributed by atoms with Crippen LogP contribution in [0.4, 0.5) is 0 Å². The van der Waals surface area contributed by atoms with E-state index in [4.69, 9.17) is 18.9 Å². The molecule has 1 N–H and O–H groups in total. The lowest BCUT2D eigenvalue weighted by Crippen LogP contribution is -2.57. The molecule has 4 heterocycles. The maximum absolute atomic E-state index is 13.5. The number of benzene rings is 2. The van der Waals surface area contributed by atoms with Crippen LogP contribution < -0.4 is 14.8 Å². The summed E-state index contributed by atoms with van der Waals surface area (Å²) in [6.45, 7) is 3.52. The first kappa shape index (κ1) is 31.4. The fourth-order valence-corrected chi connectivity index (χ4v) is 5.73. The van der Waals surface area contributed by atoms with Gasteiger partial charge < -0.3 is 29.2 Å². The van der Waals surface area contributed by atoms with E-state index in [9.17, 15) is 9.59 Å². The fraction of sp³-hybridized carbons (Fsp3) is 0.441. The maximum Gasteiger partial charge on any atom is 0.239 e. The Bertz CT molecular complexity index is 1390. The Labute approximate surface area is 259 Å². The van der Waals surface area contributed by atoms with Crippen molar-refractivity contribution < 1.29 is 28.5 Å². The minimum atomic E-state index is -0.241. The third-order valence-corrected chi connectivity index (χ3v) is 8.05. The number of aromatic nitrogens is 1. The Kier molecular flexibility index (Phi) is 11.2. The number of likely N-dealkylation sites (tertiary alicyclic amines) is 1. The molecule has 3 aromatic rings. The number of piperidine rings is 1. The fourth-order valence-electron chi connectivity index (χ4n) is 5.73. The summed E-state index contributed by atoms with van der Waals surface area (Å²) in [4.78, 5) is 35.0. The van der Waals surface area contributed by atoms with Gasteiger partial charge in [-0.1, -0.05) is 18.2 Å². The second-order valence-electron chi connectivity index (χ2n) is 11.3. The normalized spacial score (nSPS) is 20.1. The summed E-state index contributed by atoms with van der Waals surface area (Å²) in [6, 6.07) is 17.3. The van der Waals surface area contributed by atoms with Crippen LogP contribution in [0.15, 0.2) is 67.0 Å². The van der Waals surface area contributed by atoms with Crippen molar-refractivity contribution in [3.63, 3.8) is 0 Å². The second kappa shape index (κ2) is 15.7. The molecule has 234 valence electrons. The van der Waals surface area contributed by atoms with Crippen LogP contribution in [0.3, 0.4) is 0 Å². The van der Waals surface area contributed by atoms with Crippen LogP contribution in [0.5, 0.6) is 17.2 Å². The van der Waals surface area contributed by atoms with Crippen LogP contribution in [0.2, 0.25) is 0 Å². The third kappa shape index (κ3) is 8.78. The number of nitrogens with one attached hydrogen (secondary N) is 1. The molecule has 0 aliphatic carbocycles. The van der Waals surface area contributed by atoms with Crippen LogP contribution in [0.25, 0.3) is 0 Å². The Morgan fingerprint density at radius 1 is 1.02 bits per heavy atom. The molecule has 0 spiro atoms. The van der Waals surface area contributed by atoms with Crippen LogP contribution in [-0.2, 0) is 38.6 Å². The summed E-state index contributed by atoms with van der Waals surface area (Å²) in [5, 5.41) is 3.22. The third-order valence-electron chi connectivity index (χ3n) is 8.05. The summed E-state index contributed by atoms with van der Waals surface area (Å²) in [6.07, 6.45) is 5.57. The first-order chi connectivity index (χ1) is 21.5.